The van der Waals surface area contributed by atoms with Crippen LogP contribution in [0.15, 0.2) is 24.3 Å². The second-order valence-electron chi connectivity index (χ2n) is 5.58. The lowest BCUT2D eigenvalue weighted by atomic mass is 10.1. The van der Waals surface area contributed by atoms with Crippen LogP contribution in [0.3, 0.4) is 0 Å². The topological polar surface area (TPSA) is 49.9 Å². The molecule has 0 atom stereocenters. The number of ether oxygens (including phenoxy) is 1. The van der Waals surface area contributed by atoms with E-state index in [1.165, 1.54) is 12.1 Å². The number of para-hydroxylation sites is 1. The Bertz CT molecular complexity index is 540. The van der Waals surface area contributed by atoms with Crippen molar-refractivity contribution in [2.24, 2.45) is 5.92 Å². The molecule has 0 radical (unpaired) electrons. The van der Waals surface area contributed by atoms with Crippen molar-refractivity contribution < 1.29 is 18.7 Å². The fraction of sp³-hybridized carbons (Fsp3) is 0.500. The molecule has 0 bridgehead atoms. The minimum Gasteiger partial charge on any atom is -0.481 e. The Hall–Kier alpha value is -2.11. The van der Waals surface area contributed by atoms with Crippen molar-refractivity contribution in [2.75, 3.05) is 32.8 Å². The van der Waals surface area contributed by atoms with E-state index < -0.39 is 5.82 Å². The molecule has 2 amide bonds. The molecule has 0 spiro atoms. The highest BCUT2D eigenvalue weighted by molar-refractivity contribution is 5.80. The predicted molar refractivity (Wildman–Crippen MR) is 79.9 cm³/mol. The van der Waals surface area contributed by atoms with Crippen LogP contribution in [0.1, 0.15) is 13.8 Å². The van der Waals surface area contributed by atoms with E-state index in [2.05, 4.69) is 0 Å². The van der Waals surface area contributed by atoms with Gasteiger partial charge in [-0.15, -0.1) is 0 Å². The molecular weight excluding hydrogens is 287 g/mol. The molecule has 5 nitrogen and oxygen atoms in total. The number of nitrogens with zero attached hydrogens (tertiary/aromatic N) is 2. The third kappa shape index (κ3) is 3.96. The summed E-state index contributed by atoms with van der Waals surface area (Å²) in [4.78, 5) is 27.4. The average molecular weight is 308 g/mol. The molecule has 0 unspecified atom stereocenters. The van der Waals surface area contributed by atoms with Crippen LogP contribution in [0.4, 0.5) is 4.39 Å². The Morgan fingerprint density at radius 2 is 1.73 bits per heavy atom. The van der Waals surface area contributed by atoms with Gasteiger partial charge >= 0.3 is 0 Å². The van der Waals surface area contributed by atoms with Gasteiger partial charge in [0.05, 0.1) is 0 Å². The van der Waals surface area contributed by atoms with Gasteiger partial charge in [-0.3, -0.25) is 9.59 Å². The molecule has 0 aliphatic carbocycles. The number of piperazine rings is 1. The number of carbonyl (C=O) groups is 2. The van der Waals surface area contributed by atoms with Crippen molar-refractivity contribution in [1.82, 2.24) is 9.80 Å². The van der Waals surface area contributed by atoms with Gasteiger partial charge in [-0.25, -0.2) is 4.39 Å². The van der Waals surface area contributed by atoms with Gasteiger partial charge in [0.25, 0.3) is 5.91 Å². The SMILES string of the molecule is CC(C)C(=O)N1CCN(C(=O)COc2ccccc2F)CC1. The molecule has 1 fully saturated rings. The van der Waals surface area contributed by atoms with Gasteiger partial charge in [0.2, 0.25) is 5.91 Å². The van der Waals surface area contributed by atoms with Crippen molar-refractivity contribution in [2.45, 2.75) is 13.8 Å². The van der Waals surface area contributed by atoms with E-state index in [9.17, 15) is 14.0 Å². The monoisotopic (exact) mass is 308 g/mol. The second-order valence-corrected chi connectivity index (χ2v) is 5.58. The molecule has 6 heteroatoms. The van der Waals surface area contributed by atoms with Crippen LogP contribution in [-0.2, 0) is 9.59 Å². The molecule has 0 saturated carbocycles. The lowest BCUT2D eigenvalue weighted by molar-refractivity contribution is -0.142. The molecule has 1 aromatic rings. The summed E-state index contributed by atoms with van der Waals surface area (Å²) in [6.45, 7) is 5.56. The summed E-state index contributed by atoms with van der Waals surface area (Å²) in [7, 11) is 0. The first-order valence-electron chi connectivity index (χ1n) is 7.43. The summed E-state index contributed by atoms with van der Waals surface area (Å²) in [6.07, 6.45) is 0. The summed E-state index contributed by atoms with van der Waals surface area (Å²) >= 11 is 0. The molecular formula is C16H21FN2O3. The van der Waals surface area contributed by atoms with Gasteiger partial charge in [0.1, 0.15) is 0 Å². The van der Waals surface area contributed by atoms with Gasteiger partial charge in [-0.1, -0.05) is 26.0 Å². The minimum atomic E-state index is -0.484. The fourth-order valence-corrected chi connectivity index (χ4v) is 2.33. The Morgan fingerprint density at radius 3 is 2.32 bits per heavy atom. The van der Waals surface area contributed by atoms with E-state index in [4.69, 9.17) is 4.74 Å². The fourth-order valence-electron chi connectivity index (χ4n) is 2.33. The maximum absolute atomic E-state index is 13.4. The van der Waals surface area contributed by atoms with Gasteiger partial charge in [0.15, 0.2) is 18.2 Å². The Kier molecular flexibility index (Phi) is 5.35. The molecule has 120 valence electrons. The first-order chi connectivity index (χ1) is 10.5. The smallest absolute Gasteiger partial charge is 0.260 e. The second kappa shape index (κ2) is 7.24. The van der Waals surface area contributed by atoms with E-state index in [1.807, 2.05) is 13.8 Å². The lowest BCUT2D eigenvalue weighted by Crippen LogP contribution is -2.52. The van der Waals surface area contributed by atoms with Crippen LogP contribution < -0.4 is 4.74 Å². The Labute approximate surface area is 129 Å². The van der Waals surface area contributed by atoms with Crippen LogP contribution in [0.25, 0.3) is 0 Å². The van der Waals surface area contributed by atoms with E-state index >= 15 is 0 Å². The van der Waals surface area contributed by atoms with Crippen LogP contribution in [0.5, 0.6) is 5.75 Å². The molecule has 1 heterocycles. The number of hydrogen-bond acceptors (Lipinski definition) is 3. The van der Waals surface area contributed by atoms with Crippen molar-refractivity contribution in [3.8, 4) is 5.75 Å². The number of hydrogen-bond donors (Lipinski definition) is 0. The molecule has 1 aromatic carbocycles. The molecule has 2 rings (SSSR count). The molecule has 22 heavy (non-hydrogen) atoms. The summed E-state index contributed by atoms with van der Waals surface area (Å²) in [5.41, 5.74) is 0. The van der Waals surface area contributed by atoms with Crippen molar-refractivity contribution in [1.29, 1.82) is 0 Å². The average Bonchev–Trinajstić information content (AvgIpc) is 2.53. The van der Waals surface area contributed by atoms with Gasteiger partial charge in [-0.2, -0.15) is 0 Å². The Balaban J connectivity index is 1.80. The normalized spacial score (nSPS) is 15.1. The summed E-state index contributed by atoms with van der Waals surface area (Å²) in [5, 5.41) is 0. The highest BCUT2D eigenvalue weighted by Gasteiger charge is 2.25. The number of benzene rings is 1. The number of halogens is 1. The van der Waals surface area contributed by atoms with Crippen LogP contribution >= 0.6 is 0 Å². The van der Waals surface area contributed by atoms with Crippen LogP contribution in [-0.4, -0.2) is 54.4 Å². The van der Waals surface area contributed by atoms with Crippen molar-refractivity contribution in [3.05, 3.63) is 30.1 Å². The van der Waals surface area contributed by atoms with E-state index in [-0.39, 0.29) is 30.1 Å². The van der Waals surface area contributed by atoms with Crippen molar-refractivity contribution >= 4 is 11.8 Å². The zero-order valence-electron chi connectivity index (χ0n) is 12.9. The largest absolute Gasteiger partial charge is 0.481 e. The van der Waals surface area contributed by atoms with Crippen LogP contribution in [0, 0.1) is 11.7 Å². The van der Waals surface area contributed by atoms with Crippen molar-refractivity contribution in [3.63, 3.8) is 0 Å². The molecule has 1 saturated heterocycles. The first kappa shape index (κ1) is 16.3. The third-order valence-corrected chi connectivity index (χ3v) is 3.63. The quantitative estimate of drug-likeness (QED) is 0.847. The summed E-state index contributed by atoms with van der Waals surface area (Å²) in [6, 6.07) is 5.99. The number of rotatable bonds is 4. The Morgan fingerprint density at radius 1 is 1.14 bits per heavy atom. The standard InChI is InChI=1S/C16H21FN2O3/c1-12(2)16(21)19-9-7-18(8-10-19)15(20)11-22-14-6-4-3-5-13(14)17/h3-6,12H,7-11H2,1-2H3. The highest BCUT2D eigenvalue weighted by Crippen LogP contribution is 2.15. The molecule has 0 aromatic heterocycles. The maximum atomic E-state index is 13.4. The van der Waals surface area contributed by atoms with E-state index in [0.717, 1.165) is 0 Å². The maximum Gasteiger partial charge on any atom is 0.260 e. The molecule has 1 aliphatic rings. The summed E-state index contributed by atoms with van der Waals surface area (Å²) in [5.74, 6) is -0.534. The third-order valence-electron chi connectivity index (χ3n) is 3.63. The van der Waals surface area contributed by atoms with Crippen LogP contribution in [0.2, 0.25) is 0 Å². The minimum absolute atomic E-state index is 0.0355. The first-order valence-corrected chi connectivity index (χ1v) is 7.43. The van der Waals surface area contributed by atoms with E-state index in [1.54, 1.807) is 21.9 Å². The number of carbonyl (C=O) groups excluding carboxylic acids is 2. The predicted octanol–water partition coefficient (Wildman–Crippen LogP) is 1.53. The number of amides is 2. The zero-order chi connectivity index (χ0) is 16.1. The summed E-state index contributed by atoms with van der Waals surface area (Å²) < 4.78 is 18.6. The molecule has 0 N–H and O–H groups in total. The lowest BCUT2D eigenvalue weighted by Gasteiger charge is -2.35. The molecule has 1 aliphatic heterocycles. The van der Waals surface area contributed by atoms with Gasteiger partial charge < -0.3 is 14.5 Å². The zero-order valence-corrected chi connectivity index (χ0v) is 12.9. The van der Waals surface area contributed by atoms with Gasteiger partial charge in [-0.05, 0) is 12.1 Å². The van der Waals surface area contributed by atoms with Gasteiger partial charge in [0, 0.05) is 32.1 Å². The highest BCUT2D eigenvalue weighted by atomic mass is 19.1. The van der Waals surface area contributed by atoms with E-state index in [0.29, 0.717) is 26.2 Å².